The number of hydrogen-bond acceptors (Lipinski definition) is 3. The Kier molecular flexibility index (Phi) is 5.05. The van der Waals surface area contributed by atoms with Gasteiger partial charge >= 0.3 is 0 Å². The number of amides is 1. The smallest absolute Gasteiger partial charge is 0.238 e. The zero-order chi connectivity index (χ0) is 16.9. The average Bonchev–Trinajstić information content (AvgIpc) is 2.60. The van der Waals surface area contributed by atoms with Gasteiger partial charge in [0.05, 0.1) is 6.54 Å². The molecule has 126 valence electrons. The van der Waals surface area contributed by atoms with Crippen LogP contribution in [0.5, 0.6) is 0 Å². The Hall–Kier alpha value is -2.47. The van der Waals surface area contributed by atoms with Crippen molar-refractivity contribution in [1.82, 2.24) is 4.90 Å². The largest absolute Gasteiger partial charge is 0.369 e. The molecule has 0 atom stereocenters. The minimum absolute atomic E-state index is 0.121. The fourth-order valence-electron chi connectivity index (χ4n) is 2.80. The third-order valence-electron chi connectivity index (χ3n) is 4.09. The van der Waals surface area contributed by atoms with Crippen LogP contribution >= 0.6 is 0 Å². The molecule has 0 radical (unpaired) electrons. The maximum absolute atomic E-state index is 13.6. The zero-order valence-electron chi connectivity index (χ0n) is 13.2. The Morgan fingerprint density at radius 2 is 1.54 bits per heavy atom. The van der Waals surface area contributed by atoms with Crippen molar-refractivity contribution in [1.29, 1.82) is 0 Å². The Labute approximate surface area is 139 Å². The molecule has 1 N–H and O–H groups in total. The van der Waals surface area contributed by atoms with Gasteiger partial charge in [-0.2, -0.15) is 0 Å². The van der Waals surface area contributed by atoms with Crippen LogP contribution in [0.2, 0.25) is 0 Å². The number of nitrogens with one attached hydrogen (secondary N) is 1. The van der Waals surface area contributed by atoms with Crippen LogP contribution < -0.4 is 10.2 Å². The Morgan fingerprint density at radius 1 is 0.917 bits per heavy atom. The molecule has 0 spiro atoms. The van der Waals surface area contributed by atoms with Gasteiger partial charge in [0.2, 0.25) is 5.91 Å². The Morgan fingerprint density at radius 3 is 2.17 bits per heavy atom. The molecule has 0 unspecified atom stereocenters. The van der Waals surface area contributed by atoms with Gasteiger partial charge < -0.3 is 10.2 Å². The van der Waals surface area contributed by atoms with Gasteiger partial charge in [0, 0.05) is 31.9 Å². The monoisotopic (exact) mass is 331 g/mol. The first-order valence-electron chi connectivity index (χ1n) is 7.90. The van der Waals surface area contributed by atoms with Gasteiger partial charge in [0.1, 0.15) is 17.3 Å². The third-order valence-corrected chi connectivity index (χ3v) is 4.09. The number of benzene rings is 2. The highest BCUT2D eigenvalue weighted by Gasteiger charge is 2.20. The molecule has 0 bridgehead atoms. The number of halogens is 2. The van der Waals surface area contributed by atoms with Crippen molar-refractivity contribution in [3.8, 4) is 0 Å². The molecule has 1 aliphatic rings. The molecule has 1 saturated heterocycles. The van der Waals surface area contributed by atoms with Crippen LogP contribution in [0.15, 0.2) is 48.5 Å². The van der Waals surface area contributed by atoms with Crippen LogP contribution in [-0.4, -0.2) is 43.5 Å². The summed E-state index contributed by atoms with van der Waals surface area (Å²) in [6.07, 6.45) is 0. The van der Waals surface area contributed by atoms with Gasteiger partial charge in [0.15, 0.2) is 0 Å². The van der Waals surface area contributed by atoms with Crippen LogP contribution in [0.1, 0.15) is 0 Å². The van der Waals surface area contributed by atoms with Crippen LogP contribution in [0.4, 0.5) is 20.2 Å². The fraction of sp³-hybridized carbons (Fsp3) is 0.278. The van der Waals surface area contributed by atoms with Crippen molar-refractivity contribution in [3.05, 3.63) is 60.2 Å². The highest BCUT2D eigenvalue weighted by Crippen LogP contribution is 2.18. The third kappa shape index (κ3) is 3.89. The van der Waals surface area contributed by atoms with E-state index in [9.17, 15) is 13.6 Å². The maximum atomic E-state index is 13.6. The standard InChI is InChI=1S/C18H19F2N3O/c19-15-7-4-8-16(20)18(15)21-17(24)13-22-9-11-23(12-10-22)14-5-2-1-3-6-14/h1-8H,9-13H2,(H,21,24). The van der Waals surface area contributed by atoms with E-state index in [-0.39, 0.29) is 12.2 Å². The summed E-state index contributed by atoms with van der Waals surface area (Å²) in [6.45, 7) is 3.19. The molecule has 1 amide bonds. The lowest BCUT2D eigenvalue weighted by Gasteiger charge is -2.35. The lowest BCUT2D eigenvalue weighted by atomic mass is 10.2. The maximum Gasteiger partial charge on any atom is 0.238 e. The summed E-state index contributed by atoms with van der Waals surface area (Å²) in [5.74, 6) is -1.94. The van der Waals surface area contributed by atoms with E-state index in [1.807, 2.05) is 23.1 Å². The first kappa shape index (κ1) is 16.4. The predicted octanol–water partition coefficient (Wildman–Crippen LogP) is 2.73. The fourth-order valence-corrected chi connectivity index (χ4v) is 2.80. The molecule has 0 saturated carbocycles. The van der Waals surface area contributed by atoms with Gasteiger partial charge in [-0.25, -0.2) is 8.78 Å². The van der Waals surface area contributed by atoms with Gasteiger partial charge in [-0.05, 0) is 24.3 Å². The lowest BCUT2D eigenvalue weighted by Crippen LogP contribution is -2.48. The SMILES string of the molecule is O=C(CN1CCN(c2ccccc2)CC1)Nc1c(F)cccc1F. The molecule has 3 rings (SSSR count). The molecule has 2 aromatic carbocycles. The van der Waals surface area contributed by atoms with Crippen molar-refractivity contribution in [2.45, 2.75) is 0 Å². The van der Waals surface area contributed by atoms with Crippen molar-refractivity contribution >= 4 is 17.3 Å². The van der Waals surface area contributed by atoms with Gasteiger partial charge in [-0.15, -0.1) is 0 Å². The van der Waals surface area contributed by atoms with Crippen LogP contribution in [0.3, 0.4) is 0 Å². The summed E-state index contributed by atoms with van der Waals surface area (Å²) in [6, 6.07) is 13.6. The number of anilines is 2. The van der Waals surface area contributed by atoms with Crippen LogP contribution in [-0.2, 0) is 4.79 Å². The summed E-state index contributed by atoms with van der Waals surface area (Å²) in [4.78, 5) is 16.3. The van der Waals surface area contributed by atoms with E-state index in [0.717, 1.165) is 44.0 Å². The molecule has 0 aliphatic carbocycles. The average molecular weight is 331 g/mol. The van der Waals surface area contributed by atoms with E-state index >= 15 is 0 Å². The van der Waals surface area contributed by atoms with Crippen molar-refractivity contribution in [2.24, 2.45) is 0 Å². The zero-order valence-corrected chi connectivity index (χ0v) is 13.2. The minimum atomic E-state index is -0.766. The van der Waals surface area contributed by atoms with E-state index in [1.54, 1.807) is 0 Å². The van der Waals surface area contributed by atoms with Crippen LogP contribution in [0.25, 0.3) is 0 Å². The summed E-state index contributed by atoms with van der Waals surface area (Å²) in [5, 5.41) is 2.32. The molecule has 6 heteroatoms. The van der Waals surface area contributed by atoms with Gasteiger partial charge in [0.25, 0.3) is 0 Å². The molecule has 4 nitrogen and oxygen atoms in total. The summed E-state index contributed by atoms with van der Waals surface area (Å²) < 4.78 is 27.1. The van der Waals surface area contributed by atoms with Gasteiger partial charge in [-0.3, -0.25) is 9.69 Å². The highest BCUT2D eigenvalue weighted by atomic mass is 19.1. The Balaban J connectivity index is 1.52. The number of rotatable bonds is 4. The first-order valence-corrected chi connectivity index (χ1v) is 7.90. The first-order chi connectivity index (χ1) is 11.6. The lowest BCUT2D eigenvalue weighted by molar-refractivity contribution is -0.117. The molecular weight excluding hydrogens is 312 g/mol. The molecule has 0 aromatic heterocycles. The number of carbonyl (C=O) groups is 1. The second kappa shape index (κ2) is 7.40. The predicted molar refractivity (Wildman–Crippen MR) is 90.1 cm³/mol. The Bertz CT molecular complexity index is 680. The molecule has 2 aromatic rings. The van der Waals surface area contributed by atoms with Crippen molar-refractivity contribution in [2.75, 3.05) is 42.9 Å². The summed E-state index contributed by atoms with van der Waals surface area (Å²) in [7, 11) is 0. The van der Waals surface area contributed by atoms with E-state index in [0.29, 0.717) is 0 Å². The van der Waals surface area contributed by atoms with E-state index in [4.69, 9.17) is 0 Å². The second-order valence-corrected chi connectivity index (χ2v) is 5.74. The molecular formula is C18H19F2N3O. The normalized spacial score (nSPS) is 15.3. The van der Waals surface area contributed by atoms with Crippen LogP contribution in [0, 0.1) is 11.6 Å². The summed E-state index contributed by atoms with van der Waals surface area (Å²) >= 11 is 0. The number of piperazine rings is 1. The highest BCUT2D eigenvalue weighted by molar-refractivity contribution is 5.92. The molecule has 1 aliphatic heterocycles. The van der Waals surface area contributed by atoms with Crippen molar-refractivity contribution in [3.63, 3.8) is 0 Å². The van der Waals surface area contributed by atoms with E-state index in [1.165, 1.54) is 6.07 Å². The van der Waals surface area contributed by atoms with E-state index in [2.05, 4.69) is 22.3 Å². The minimum Gasteiger partial charge on any atom is -0.369 e. The number of carbonyl (C=O) groups excluding carboxylic acids is 1. The number of nitrogens with zero attached hydrogens (tertiary/aromatic N) is 2. The quantitative estimate of drug-likeness (QED) is 0.936. The topological polar surface area (TPSA) is 35.6 Å². The second-order valence-electron chi connectivity index (χ2n) is 5.74. The molecule has 24 heavy (non-hydrogen) atoms. The van der Waals surface area contributed by atoms with Crippen molar-refractivity contribution < 1.29 is 13.6 Å². The van der Waals surface area contributed by atoms with Gasteiger partial charge in [-0.1, -0.05) is 24.3 Å². The van der Waals surface area contributed by atoms with E-state index < -0.39 is 17.5 Å². The number of hydrogen-bond donors (Lipinski definition) is 1. The molecule has 1 fully saturated rings. The number of para-hydroxylation sites is 2. The summed E-state index contributed by atoms with van der Waals surface area (Å²) in [5.41, 5.74) is 0.778. The molecule has 1 heterocycles.